The molecule has 0 aliphatic carbocycles. The lowest BCUT2D eigenvalue weighted by atomic mass is 10.0. The van der Waals surface area contributed by atoms with Crippen molar-refractivity contribution in [1.29, 1.82) is 0 Å². The Morgan fingerprint density at radius 2 is 1.88 bits per heavy atom. The lowest BCUT2D eigenvalue weighted by molar-refractivity contribution is -0.243. The Morgan fingerprint density at radius 1 is 1.25 bits per heavy atom. The van der Waals surface area contributed by atoms with Crippen LogP contribution in [0.5, 0.6) is 0 Å². The molecule has 1 rings (SSSR count). The predicted molar refractivity (Wildman–Crippen MR) is 58.4 cm³/mol. The fraction of sp³-hybridized carbons (Fsp3) is 0.417. The second-order valence-corrected chi connectivity index (χ2v) is 3.30. The maximum absolute atomic E-state index is 10.5. The summed E-state index contributed by atoms with van der Waals surface area (Å²) in [6, 6.07) is 9.14. The number of hydrogen-bond acceptors (Lipinski definition) is 4. The van der Waals surface area contributed by atoms with Crippen molar-refractivity contribution >= 4 is 6.47 Å². The molecular formula is C12H15O4. The third kappa shape index (κ3) is 2.23. The second kappa shape index (κ2) is 5.63. The first-order chi connectivity index (χ1) is 7.71. The van der Waals surface area contributed by atoms with E-state index in [1.807, 2.05) is 18.2 Å². The van der Waals surface area contributed by atoms with Crippen LogP contribution >= 0.6 is 0 Å². The maximum Gasteiger partial charge on any atom is 0.420 e. The molecule has 4 nitrogen and oxygen atoms in total. The summed E-state index contributed by atoms with van der Waals surface area (Å²) in [5, 5.41) is 0. The van der Waals surface area contributed by atoms with E-state index in [0.29, 0.717) is 5.56 Å². The summed E-state index contributed by atoms with van der Waals surface area (Å²) in [6.45, 7) is 3.18. The van der Waals surface area contributed by atoms with Gasteiger partial charge in [0.2, 0.25) is 0 Å². The van der Waals surface area contributed by atoms with Gasteiger partial charge in [-0.1, -0.05) is 30.3 Å². The largest absolute Gasteiger partial charge is 0.420 e. The zero-order valence-electron chi connectivity index (χ0n) is 9.60. The van der Waals surface area contributed by atoms with Crippen LogP contribution in [-0.2, 0) is 24.8 Å². The minimum absolute atomic E-state index is 0.443. The molecule has 0 spiro atoms. The summed E-state index contributed by atoms with van der Waals surface area (Å²) in [4.78, 5) is 10.5. The predicted octanol–water partition coefficient (Wildman–Crippen LogP) is 1.60. The van der Waals surface area contributed by atoms with Gasteiger partial charge in [0.05, 0.1) is 0 Å². The molecule has 0 aliphatic rings. The topological polar surface area (TPSA) is 44.8 Å². The van der Waals surface area contributed by atoms with Crippen molar-refractivity contribution < 1.29 is 19.0 Å². The molecule has 0 N–H and O–H groups in total. The van der Waals surface area contributed by atoms with Gasteiger partial charge in [-0.3, -0.25) is 0 Å². The molecule has 1 aromatic carbocycles. The van der Waals surface area contributed by atoms with Gasteiger partial charge in [-0.2, -0.15) is 0 Å². The molecule has 1 radical (unpaired) electrons. The molecule has 87 valence electrons. The van der Waals surface area contributed by atoms with E-state index in [0.717, 1.165) is 0 Å². The molecule has 2 unspecified atom stereocenters. The number of hydrogen-bond donors (Lipinski definition) is 0. The highest BCUT2D eigenvalue weighted by Gasteiger charge is 2.41. The van der Waals surface area contributed by atoms with Crippen molar-refractivity contribution in [1.82, 2.24) is 0 Å². The van der Waals surface area contributed by atoms with Gasteiger partial charge in [-0.15, -0.1) is 0 Å². The van der Waals surface area contributed by atoms with E-state index in [1.54, 1.807) is 19.1 Å². The normalized spacial score (nSPS) is 16.2. The van der Waals surface area contributed by atoms with Crippen LogP contribution < -0.4 is 0 Å². The molecule has 0 fully saturated rings. The lowest BCUT2D eigenvalue weighted by Gasteiger charge is -2.34. The van der Waals surface area contributed by atoms with Crippen molar-refractivity contribution in [3.63, 3.8) is 0 Å². The van der Waals surface area contributed by atoms with Gasteiger partial charge < -0.3 is 14.2 Å². The van der Waals surface area contributed by atoms with E-state index >= 15 is 0 Å². The molecule has 0 amide bonds. The summed E-state index contributed by atoms with van der Waals surface area (Å²) in [5.41, 5.74) is 0.704. The van der Waals surface area contributed by atoms with E-state index in [4.69, 9.17) is 14.2 Å². The summed E-state index contributed by atoms with van der Waals surface area (Å²) in [7, 11) is 2.98. The number of benzene rings is 1. The minimum Gasteiger partial charge on any atom is -0.417 e. The van der Waals surface area contributed by atoms with Gasteiger partial charge in [0.1, 0.15) is 6.10 Å². The Kier molecular flexibility index (Phi) is 4.46. The van der Waals surface area contributed by atoms with Gasteiger partial charge in [0.25, 0.3) is 5.79 Å². The van der Waals surface area contributed by atoms with E-state index in [1.165, 1.54) is 20.7 Å². The number of carbonyl (C=O) groups excluding carboxylic acids is 1. The number of methoxy groups -OCH3 is 2. The fourth-order valence-corrected chi connectivity index (χ4v) is 1.59. The van der Waals surface area contributed by atoms with E-state index in [9.17, 15) is 4.79 Å². The molecule has 16 heavy (non-hydrogen) atoms. The molecule has 0 bridgehead atoms. The van der Waals surface area contributed by atoms with E-state index < -0.39 is 11.9 Å². The molecule has 2 atom stereocenters. The van der Waals surface area contributed by atoms with Gasteiger partial charge in [0, 0.05) is 19.8 Å². The second-order valence-electron chi connectivity index (χ2n) is 3.30. The van der Waals surface area contributed by atoms with E-state index in [-0.39, 0.29) is 0 Å². The van der Waals surface area contributed by atoms with Crippen molar-refractivity contribution in [2.45, 2.75) is 18.8 Å². The highest BCUT2D eigenvalue weighted by atomic mass is 16.7. The highest BCUT2D eigenvalue weighted by molar-refractivity contribution is 5.41. The Labute approximate surface area is 95.1 Å². The first-order valence-corrected chi connectivity index (χ1v) is 4.90. The third-order valence-electron chi connectivity index (χ3n) is 2.56. The van der Waals surface area contributed by atoms with Gasteiger partial charge in [-0.25, -0.2) is 4.79 Å². The summed E-state index contributed by atoms with van der Waals surface area (Å²) in [5.74, 6) is -1.25. The van der Waals surface area contributed by atoms with Crippen molar-refractivity contribution in [3.8, 4) is 0 Å². The van der Waals surface area contributed by atoms with Crippen molar-refractivity contribution in [2.24, 2.45) is 0 Å². The summed E-state index contributed by atoms with van der Waals surface area (Å²) < 4.78 is 15.5. The van der Waals surface area contributed by atoms with Crippen LogP contribution in [0.3, 0.4) is 0 Å². The average Bonchev–Trinajstić information content (AvgIpc) is 2.36. The molecule has 0 saturated carbocycles. The average molecular weight is 223 g/mol. The standard InChI is InChI=1S/C12H15O4/c1-10(14-2)12(15-3,16-9-13)11-7-5-4-6-8-11/h4-8,10H,1-3H3. The zero-order chi connectivity index (χ0) is 12.0. The maximum atomic E-state index is 10.5. The summed E-state index contributed by atoms with van der Waals surface area (Å²) in [6.07, 6.45) is -0.443. The Hall–Kier alpha value is -1.39. The van der Waals surface area contributed by atoms with Crippen LogP contribution in [0.4, 0.5) is 0 Å². The monoisotopic (exact) mass is 223 g/mol. The number of ether oxygens (including phenoxy) is 3. The Morgan fingerprint density at radius 3 is 2.31 bits per heavy atom. The van der Waals surface area contributed by atoms with Crippen LogP contribution in [-0.4, -0.2) is 26.8 Å². The van der Waals surface area contributed by atoms with Crippen LogP contribution in [0.25, 0.3) is 0 Å². The minimum atomic E-state index is -1.25. The van der Waals surface area contributed by atoms with Crippen molar-refractivity contribution in [2.75, 3.05) is 14.2 Å². The van der Waals surface area contributed by atoms with Gasteiger partial charge in [0.15, 0.2) is 0 Å². The molecule has 0 heterocycles. The smallest absolute Gasteiger partial charge is 0.417 e. The van der Waals surface area contributed by atoms with Crippen LogP contribution in [0.2, 0.25) is 0 Å². The molecular weight excluding hydrogens is 208 g/mol. The van der Waals surface area contributed by atoms with Crippen LogP contribution in [0.1, 0.15) is 12.5 Å². The Balaban J connectivity index is 3.16. The van der Waals surface area contributed by atoms with Gasteiger partial charge in [-0.05, 0) is 6.92 Å². The highest BCUT2D eigenvalue weighted by Crippen LogP contribution is 2.31. The molecule has 0 saturated heterocycles. The quantitative estimate of drug-likeness (QED) is 0.687. The molecule has 1 aromatic rings. The number of rotatable bonds is 6. The van der Waals surface area contributed by atoms with Crippen molar-refractivity contribution in [3.05, 3.63) is 35.9 Å². The SMILES string of the molecule is COC(C)C(OC)(O[C]=O)c1ccccc1. The fourth-order valence-electron chi connectivity index (χ4n) is 1.59. The van der Waals surface area contributed by atoms with Gasteiger partial charge >= 0.3 is 6.47 Å². The zero-order valence-corrected chi connectivity index (χ0v) is 9.60. The van der Waals surface area contributed by atoms with E-state index in [2.05, 4.69) is 0 Å². The Bertz CT molecular complexity index is 325. The first-order valence-electron chi connectivity index (χ1n) is 4.90. The molecule has 4 heteroatoms. The molecule has 0 aromatic heterocycles. The molecule has 0 aliphatic heterocycles. The summed E-state index contributed by atoms with van der Waals surface area (Å²) >= 11 is 0. The lowest BCUT2D eigenvalue weighted by Crippen LogP contribution is -2.43. The first kappa shape index (κ1) is 12.7. The third-order valence-corrected chi connectivity index (χ3v) is 2.56. The van der Waals surface area contributed by atoms with Crippen LogP contribution in [0, 0.1) is 0 Å². The van der Waals surface area contributed by atoms with Crippen LogP contribution in [0.15, 0.2) is 30.3 Å².